The largest absolute Gasteiger partial charge is 0.342 e. The lowest BCUT2D eigenvalue weighted by molar-refractivity contribution is 0.599. The van der Waals surface area contributed by atoms with Crippen molar-refractivity contribution in [3.63, 3.8) is 0 Å². The molecule has 0 amide bonds. The molecule has 0 aliphatic heterocycles. The molecule has 0 unspecified atom stereocenters. The van der Waals surface area contributed by atoms with Crippen molar-refractivity contribution in [1.29, 1.82) is 0 Å². The fourth-order valence-corrected chi connectivity index (χ4v) is 2.74. The third-order valence-electron chi connectivity index (χ3n) is 3.61. The number of hydrogen-bond acceptors (Lipinski definition) is 2. The molecule has 0 aliphatic carbocycles. The van der Waals surface area contributed by atoms with E-state index in [0.717, 1.165) is 11.4 Å². The summed E-state index contributed by atoms with van der Waals surface area (Å²) in [6, 6.07) is 17.7. The van der Waals surface area contributed by atoms with Gasteiger partial charge in [-0.25, -0.2) is 4.39 Å². The standard InChI is InChI=1S/C19H16ClFN4S/c20-15-6-3-7-16(11-15)23-19(26)24-22-12-17-8-4-10-25(17)13-14-5-1-2-9-18(14)21/h1-12H,13H2,(H2,23,24,26)/b22-12-. The molecule has 0 fully saturated rings. The number of hydrazone groups is 1. The fraction of sp³-hybridized carbons (Fsp3) is 0.0526. The van der Waals surface area contributed by atoms with E-state index in [4.69, 9.17) is 23.8 Å². The van der Waals surface area contributed by atoms with E-state index in [2.05, 4.69) is 15.8 Å². The molecule has 26 heavy (non-hydrogen) atoms. The number of halogens is 2. The zero-order chi connectivity index (χ0) is 18.4. The predicted molar refractivity (Wildman–Crippen MR) is 108 cm³/mol. The SMILES string of the molecule is Fc1ccccc1Cn1cccc1/C=N\NC(=S)Nc1cccc(Cl)c1. The highest BCUT2D eigenvalue weighted by Gasteiger charge is 2.04. The average Bonchev–Trinajstić information content (AvgIpc) is 3.04. The van der Waals surface area contributed by atoms with Crippen molar-refractivity contribution >= 4 is 40.8 Å². The van der Waals surface area contributed by atoms with Crippen LogP contribution in [0.3, 0.4) is 0 Å². The molecule has 1 heterocycles. The number of anilines is 1. The second kappa shape index (κ2) is 8.60. The fourth-order valence-electron chi connectivity index (χ4n) is 2.38. The Morgan fingerprint density at radius 1 is 1.15 bits per heavy atom. The summed E-state index contributed by atoms with van der Waals surface area (Å²) in [5.74, 6) is -0.228. The summed E-state index contributed by atoms with van der Waals surface area (Å²) in [7, 11) is 0. The Bertz CT molecular complexity index is 939. The molecule has 0 atom stereocenters. The molecule has 3 aromatic rings. The van der Waals surface area contributed by atoms with Crippen molar-refractivity contribution in [2.24, 2.45) is 5.10 Å². The van der Waals surface area contributed by atoms with E-state index in [-0.39, 0.29) is 5.82 Å². The van der Waals surface area contributed by atoms with Crippen LogP contribution in [0.25, 0.3) is 0 Å². The van der Waals surface area contributed by atoms with Crippen LogP contribution in [0.1, 0.15) is 11.3 Å². The molecule has 0 radical (unpaired) electrons. The molecule has 4 nitrogen and oxygen atoms in total. The summed E-state index contributed by atoms with van der Waals surface area (Å²) in [6.45, 7) is 0.423. The first-order chi connectivity index (χ1) is 12.6. The highest BCUT2D eigenvalue weighted by molar-refractivity contribution is 7.80. The molecule has 0 aliphatic rings. The number of hydrogen-bond donors (Lipinski definition) is 2. The topological polar surface area (TPSA) is 41.4 Å². The highest BCUT2D eigenvalue weighted by atomic mass is 35.5. The number of thiocarbonyl (C=S) groups is 1. The molecule has 7 heteroatoms. The second-order valence-corrected chi connectivity index (χ2v) is 6.33. The van der Waals surface area contributed by atoms with Gasteiger partial charge < -0.3 is 9.88 Å². The van der Waals surface area contributed by atoms with Gasteiger partial charge in [-0.1, -0.05) is 35.9 Å². The zero-order valence-electron chi connectivity index (χ0n) is 13.7. The van der Waals surface area contributed by atoms with Gasteiger partial charge in [0.2, 0.25) is 0 Å². The third kappa shape index (κ3) is 4.91. The summed E-state index contributed by atoms with van der Waals surface area (Å²) < 4.78 is 15.7. The van der Waals surface area contributed by atoms with Crippen LogP contribution in [0, 0.1) is 5.82 Å². The van der Waals surface area contributed by atoms with Crippen molar-refractivity contribution in [3.05, 3.63) is 89.0 Å². The second-order valence-electron chi connectivity index (χ2n) is 5.49. The van der Waals surface area contributed by atoms with Crippen molar-refractivity contribution in [1.82, 2.24) is 9.99 Å². The van der Waals surface area contributed by atoms with Gasteiger partial charge in [-0.3, -0.25) is 5.43 Å². The maximum absolute atomic E-state index is 13.8. The smallest absolute Gasteiger partial charge is 0.191 e. The van der Waals surface area contributed by atoms with Gasteiger partial charge in [-0.05, 0) is 48.6 Å². The van der Waals surface area contributed by atoms with Gasteiger partial charge in [0.1, 0.15) is 5.82 Å². The molecule has 0 spiro atoms. The predicted octanol–water partition coefficient (Wildman–Crippen LogP) is 4.65. The van der Waals surface area contributed by atoms with Gasteiger partial charge in [-0.2, -0.15) is 5.10 Å². The first-order valence-electron chi connectivity index (χ1n) is 7.86. The maximum Gasteiger partial charge on any atom is 0.191 e. The number of nitrogens with one attached hydrogen (secondary N) is 2. The van der Waals surface area contributed by atoms with Crippen LogP contribution < -0.4 is 10.7 Å². The quantitative estimate of drug-likeness (QED) is 0.381. The Labute approximate surface area is 161 Å². The van der Waals surface area contributed by atoms with E-state index >= 15 is 0 Å². The van der Waals surface area contributed by atoms with Crippen LogP contribution in [-0.2, 0) is 6.54 Å². The molecule has 0 bridgehead atoms. The van der Waals surface area contributed by atoms with E-state index in [1.807, 2.05) is 41.1 Å². The maximum atomic E-state index is 13.8. The van der Waals surface area contributed by atoms with Crippen LogP contribution in [-0.4, -0.2) is 15.9 Å². The minimum absolute atomic E-state index is 0.228. The molecule has 2 N–H and O–H groups in total. The summed E-state index contributed by atoms with van der Waals surface area (Å²) >= 11 is 11.1. The van der Waals surface area contributed by atoms with Crippen molar-refractivity contribution < 1.29 is 4.39 Å². The number of rotatable bonds is 5. The lowest BCUT2D eigenvalue weighted by Gasteiger charge is -2.08. The van der Waals surface area contributed by atoms with Crippen LogP contribution >= 0.6 is 23.8 Å². The molecular formula is C19H16ClFN4S. The van der Waals surface area contributed by atoms with Crippen LogP contribution in [0.5, 0.6) is 0 Å². The zero-order valence-corrected chi connectivity index (χ0v) is 15.3. The molecule has 2 aromatic carbocycles. The number of nitrogens with zero attached hydrogens (tertiary/aromatic N) is 2. The lowest BCUT2D eigenvalue weighted by Crippen LogP contribution is -2.24. The summed E-state index contributed by atoms with van der Waals surface area (Å²) in [6.07, 6.45) is 3.50. The van der Waals surface area contributed by atoms with Gasteiger partial charge in [-0.15, -0.1) is 0 Å². The van der Waals surface area contributed by atoms with Gasteiger partial charge in [0, 0.05) is 22.5 Å². The van der Waals surface area contributed by atoms with Gasteiger partial charge >= 0.3 is 0 Å². The Balaban J connectivity index is 1.60. The molecular weight excluding hydrogens is 371 g/mol. The van der Waals surface area contributed by atoms with Crippen molar-refractivity contribution in [2.45, 2.75) is 6.54 Å². The Morgan fingerprint density at radius 2 is 2.00 bits per heavy atom. The first kappa shape index (κ1) is 18.1. The van der Waals surface area contributed by atoms with Gasteiger partial charge in [0.05, 0.1) is 18.5 Å². The van der Waals surface area contributed by atoms with Gasteiger partial charge in [0.25, 0.3) is 0 Å². The highest BCUT2D eigenvalue weighted by Crippen LogP contribution is 2.14. The third-order valence-corrected chi connectivity index (χ3v) is 4.04. The van der Waals surface area contributed by atoms with E-state index in [0.29, 0.717) is 22.2 Å². The Morgan fingerprint density at radius 3 is 2.81 bits per heavy atom. The molecule has 1 aromatic heterocycles. The molecule has 0 saturated carbocycles. The minimum Gasteiger partial charge on any atom is -0.342 e. The van der Waals surface area contributed by atoms with E-state index in [1.54, 1.807) is 30.5 Å². The number of aromatic nitrogens is 1. The number of benzene rings is 2. The molecule has 3 rings (SSSR count). The van der Waals surface area contributed by atoms with Crippen molar-refractivity contribution in [2.75, 3.05) is 5.32 Å². The van der Waals surface area contributed by atoms with Crippen LogP contribution in [0.4, 0.5) is 10.1 Å². The van der Waals surface area contributed by atoms with E-state index in [9.17, 15) is 4.39 Å². The normalized spacial score (nSPS) is 10.8. The van der Waals surface area contributed by atoms with E-state index < -0.39 is 0 Å². The summed E-state index contributed by atoms with van der Waals surface area (Å²) in [5, 5.41) is 8.08. The molecule has 0 saturated heterocycles. The summed E-state index contributed by atoms with van der Waals surface area (Å²) in [5.41, 5.74) is 4.96. The summed E-state index contributed by atoms with van der Waals surface area (Å²) in [4.78, 5) is 0. The Kier molecular flexibility index (Phi) is 5.99. The average molecular weight is 387 g/mol. The van der Waals surface area contributed by atoms with Crippen LogP contribution in [0.2, 0.25) is 5.02 Å². The van der Waals surface area contributed by atoms with E-state index in [1.165, 1.54) is 6.07 Å². The van der Waals surface area contributed by atoms with Gasteiger partial charge in [0.15, 0.2) is 5.11 Å². The van der Waals surface area contributed by atoms with Crippen molar-refractivity contribution in [3.8, 4) is 0 Å². The molecule has 132 valence electrons. The Hall–Kier alpha value is -2.70. The lowest BCUT2D eigenvalue weighted by atomic mass is 10.2. The van der Waals surface area contributed by atoms with Crippen LogP contribution in [0.15, 0.2) is 72.0 Å². The monoisotopic (exact) mass is 386 g/mol. The minimum atomic E-state index is -0.228. The first-order valence-corrected chi connectivity index (χ1v) is 8.64.